The van der Waals surface area contributed by atoms with Gasteiger partial charge in [-0.1, -0.05) is 30.1 Å². The van der Waals surface area contributed by atoms with Crippen LogP contribution in [-0.4, -0.2) is 32.1 Å². The molecule has 0 heterocycles. The SMILES string of the molecule is CCCNC(=O)COC(=O)c1cc(Cl)c(OC)c(Cl)c1. The predicted molar refractivity (Wildman–Crippen MR) is 76.6 cm³/mol. The average molecular weight is 320 g/mol. The highest BCUT2D eigenvalue weighted by atomic mass is 35.5. The van der Waals surface area contributed by atoms with Gasteiger partial charge in [0.15, 0.2) is 12.4 Å². The topological polar surface area (TPSA) is 64.6 Å². The molecule has 110 valence electrons. The van der Waals surface area contributed by atoms with Crippen LogP contribution in [0.3, 0.4) is 0 Å². The Labute approximate surface area is 127 Å². The number of carbonyl (C=O) groups is 2. The third kappa shape index (κ3) is 4.58. The number of hydrogen-bond donors (Lipinski definition) is 1. The molecular formula is C13H15Cl2NO4. The Kier molecular flexibility index (Phi) is 6.61. The summed E-state index contributed by atoms with van der Waals surface area (Å²) in [7, 11) is 1.42. The lowest BCUT2D eigenvalue weighted by molar-refractivity contribution is -0.124. The molecule has 0 fully saturated rings. The van der Waals surface area contributed by atoms with Gasteiger partial charge in [-0.15, -0.1) is 0 Å². The van der Waals surface area contributed by atoms with Crippen LogP contribution >= 0.6 is 23.2 Å². The summed E-state index contributed by atoms with van der Waals surface area (Å²) >= 11 is 11.8. The lowest BCUT2D eigenvalue weighted by atomic mass is 10.2. The fourth-order valence-corrected chi connectivity index (χ4v) is 2.04. The van der Waals surface area contributed by atoms with Crippen LogP contribution in [0, 0.1) is 0 Å². The lowest BCUT2D eigenvalue weighted by Crippen LogP contribution is -2.29. The van der Waals surface area contributed by atoms with Crippen LogP contribution in [0.5, 0.6) is 5.75 Å². The summed E-state index contributed by atoms with van der Waals surface area (Å²) in [5.41, 5.74) is 0.157. The van der Waals surface area contributed by atoms with E-state index in [0.29, 0.717) is 6.54 Å². The normalized spacial score (nSPS) is 10.0. The maximum Gasteiger partial charge on any atom is 0.338 e. The standard InChI is InChI=1S/C13H15Cl2NO4/c1-3-4-16-11(17)7-20-13(18)8-5-9(14)12(19-2)10(15)6-8/h5-6H,3-4,7H2,1-2H3,(H,16,17). The first-order chi connectivity index (χ1) is 9.49. The quantitative estimate of drug-likeness (QED) is 0.819. The third-order valence-electron chi connectivity index (χ3n) is 2.34. The number of rotatable bonds is 6. The minimum Gasteiger partial charge on any atom is -0.494 e. The van der Waals surface area contributed by atoms with E-state index in [1.165, 1.54) is 19.2 Å². The van der Waals surface area contributed by atoms with Crippen LogP contribution < -0.4 is 10.1 Å². The Bertz CT molecular complexity index is 482. The van der Waals surface area contributed by atoms with Crippen molar-refractivity contribution >= 4 is 35.1 Å². The second kappa shape index (κ2) is 7.97. The van der Waals surface area contributed by atoms with E-state index in [0.717, 1.165) is 6.42 Å². The van der Waals surface area contributed by atoms with Crippen molar-refractivity contribution in [3.05, 3.63) is 27.7 Å². The Morgan fingerprint density at radius 1 is 1.25 bits per heavy atom. The van der Waals surface area contributed by atoms with Gasteiger partial charge in [-0.05, 0) is 18.6 Å². The van der Waals surface area contributed by atoms with Crippen molar-refractivity contribution in [1.29, 1.82) is 0 Å². The predicted octanol–water partition coefficient (Wildman–Crippen LogP) is 2.69. The molecule has 1 aromatic carbocycles. The molecule has 5 nitrogen and oxygen atoms in total. The first kappa shape index (κ1) is 16.6. The van der Waals surface area contributed by atoms with E-state index in [2.05, 4.69) is 5.32 Å². The maximum atomic E-state index is 11.8. The molecule has 1 rings (SSSR count). The minimum absolute atomic E-state index is 0.157. The number of carbonyl (C=O) groups excluding carboxylic acids is 2. The number of methoxy groups -OCH3 is 1. The first-order valence-corrected chi connectivity index (χ1v) is 6.72. The van der Waals surface area contributed by atoms with Crippen molar-refractivity contribution in [1.82, 2.24) is 5.32 Å². The van der Waals surface area contributed by atoms with Crippen molar-refractivity contribution in [2.75, 3.05) is 20.3 Å². The van der Waals surface area contributed by atoms with Gasteiger partial charge >= 0.3 is 5.97 Å². The van der Waals surface area contributed by atoms with Gasteiger partial charge in [-0.2, -0.15) is 0 Å². The molecule has 0 spiro atoms. The number of esters is 1. The van der Waals surface area contributed by atoms with Gasteiger partial charge < -0.3 is 14.8 Å². The molecule has 0 aromatic heterocycles. The molecule has 0 saturated carbocycles. The van der Waals surface area contributed by atoms with Gasteiger partial charge in [0.25, 0.3) is 5.91 Å². The van der Waals surface area contributed by atoms with Gasteiger partial charge in [0.2, 0.25) is 0 Å². The number of nitrogens with one attached hydrogen (secondary N) is 1. The summed E-state index contributed by atoms with van der Waals surface area (Å²) < 4.78 is 9.83. The van der Waals surface area contributed by atoms with E-state index in [1.807, 2.05) is 6.92 Å². The van der Waals surface area contributed by atoms with Gasteiger partial charge in [0.05, 0.1) is 22.7 Å². The number of hydrogen-bond acceptors (Lipinski definition) is 4. The summed E-state index contributed by atoms with van der Waals surface area (Å²) in [5, 5.41) is 2.99. The van der Waals surface area contributed by atoms with Gasteiger partial charge in [-0.3, -0.25) is 4.79 Å². The third-order valence-corrected chi connectivity index (χ3v) is 2.91. The molecular weight excluding hydrogens is 305 g/mol. The van der Waals surface area contributed by atoms with Crippen LogP contribution in [-0.2, 0) is 9.53 Å². The number of amides is 1. The van der Waals surface area contributed by atoms with E-state index in [4.69, 9.17) is 32.7 Å². The Morgan fingerprint density at radius 3 is 2.35 bits per heavy atom. The molecule has 0 aliphatic carbocycles. The molecule has 0 saturated heterocycles. The Hall–Kier alpha value is -1.46. The Morgan fingerprint density at radius 2 is 1.85 bits per heavy atom. The highest BCUT2D eigenvalue weighted by Gasteiger charge is 2.15. The maximum absolute atomic E-state index is 11.8. The second-order valence-electron chi connectivity index (χ2n) is 3.90. The summed E-state index contributed by atoms with van der Waals surface area (Å²) in [4.78, 5) is 23.1. The van der Waals surface area contributed by atoms with E-state index in [1.54, 1.807) is 0 Å². The highest BCUT2D eigenvalue weighted by Crippen LogP contribution is 2.33. The van der Waals surface area contributed by atoms with E-state index < -0.39 is 5.97 Å². The van der Waals surface area contributed by atoms with Gasteiger partial charge in [0, 0.05) is 6.54 Å². The fraction of sp³-hybridized carbons (Fsp3) is 0.385. The van der Waals surface area contributed by atoms with Crippen molar-refractivity contribution in [3.63, 3.8) is 0 Å². The summed E-state index contributed by atoms with van der Waals surface area (Å²) in [6.45, 7) is 2.12. The summed E-state index contributed by atoms with van der Waals surface area (Å²) in [6, 6.07) is 2.75. The zero-order valence-electron chi connectivity index (χ0n) is 11.2. The van der Waals surface area contributed by atoms with Crippen molar-refractivity contribution < 1.29 is 19.1 Å². The molecule has 20 heavy (non-hydrogen) atoms. The zero-order valence-corrected chi connectivity index (χ0v) is 12.7. The Balaban J connectivity index is 2.67. The molecule has 0 unspecified atom stereocenters. The molecule has 7 heteroatoms. The number of halogens is 2. The highest BCUT2D eigenvalue weighted by molar-refractivity contribution is 6.37. The van der Waals surface area contributed by atoms with E-state index in [-0.39, 0.29) is 33.9 Å². The minimum atomic E-state index is -0.678. The smallest absolute Gasteiger partial charge is 0.338 e. The molecule has 0 bridgehead atoms. The molecule has 0 aliphatic heterocycles. The molecule has 0 aliphatic rings. The van der Waals surface area contributed by atoms with Crippen molar-refractivity contribution in [2.45, 2.75) is 13.3 Å². The fourth-order valence-electron chi connectivity index (χ4n) is 1.40. The first-order valence-electron chi connectivity index (χ1n) is 5.96. The second-order valence-corrected chi connectivity index (χ2v) is 4.71. The van der Waals surface area contributed by atoms with Crippen LogP contribution in [0.1, 0.15) is 23.7 Å². The monoisotopic (exact) mass is 319 g/mol. The average Bonchev–Trinajstić information content (AvgIpc) is 2.42. The summed E-state index contributed by atoms with van der Waals surface area (Å²) in [5.74, 6) is -0.750. The molecule has 0 radical (unpaired) electrons. The van der Waals surface area contributed by atoms with E-state index >= 15 is 0 Å². The molecule has 1 amide bonds. The van der Waals surface area contributed by atoms with Crippen molar-refractivity contribution in [2.24, 2.45) is 0 Å². The molecule has 0 atom stereocenters. The van der Waals surface area contributed by atoms with E-state index in [9.17, 15) is 9.59 Å². The number of benzene rings is 1. The molecule has 1 N–H and O–H groups in total. The largest absolute Gasteiger partial charge is 0.494 e. The summed E-state index contributed by atoms with van der Waals surface area (Å²) in [6.07, 6.45) is 0.809. The number of ether oxygens (including phenoxy) is 2. The lowest BCUT2D eigenvalue weighted by Gasteiger charge is -2.09. The van der Waals surface area contributed by atoms with Crippen LogP contribution in [0.25, 0.3) is 0 Å². The van der Waals surface area contributed by atoms with Crippen LogP contribution in [0.2, 0.25) is 10.0 Å². The van der Waals surface area contributed by atoms with Gasteiger partial charge in [-0.25, -0.2) is 4.79 Å². The molecule has 1 aromatic rings. The van der Waals surface area contributed by atoms with Crippen LogP contribution in [0.4, 0.5) is 0 Å². The van der Waals surface area contributed by atoms with Gasteiger partial charge in [0.1, 0.15) is 0 Å². The zero-order chi connectivity index (χ0) is 15.1. The van der Waals surface area contributed by atoms with Crippen molar-refractivity contribution in [3.8, 4) is 5.75 Å². The van der Waals surface area contributed by atoms with Crippen LogP contribution in [0.15, 0.2) is 12.1 Å².